The predicted molar refractivity (Wildman–Crippen MR) is 37.7 cm³/mol. The fourth-order valence-electron chi connectivity index (χ4n) is 1.63. The van der Waals surface area contributed by atoms with Gasteiger partial charge in [0, 0.05) is 18.0 Å². The SMILES string of the molecule is CC1C2=CCC(N)=C1C2. The number of hydrogen-bond donors (Lipinski definition) is 1. The van der Waals surface area contributed by atoms with Crippen LogP contribution in [0.5, 0.6) is 0 Å². The Morgan fingerprint density at radius 1 is 1.67 bits per heavy atom. The lowest BCUT2D eigenvalue weighted by atomic mass is 9.70. The molecule has 0 saturated heterocycles. The zero-order chi connectivity index (χ0) is 6.43. The Hall–Kier alpha value is -0.720. The molecule has 0 radical (unpaired) electrons. The molecule has 0 aliphatic heterocycles. The van der Waals surface area contributed by atoms with Crippen molar-refractivity contribution < 1.29 is 0 Å². The van der Waals surface area contributed by atoms with Crippen molar-refractivity contribution in [3.05, 3.63) is 22.9 Å². The van der Waals surface area contributed by atoms with Gasteiger partial charge in [-0.1, -0.05) is 18.6 Å². The predicted octanol–water partition coefficient (Wildman–Crippen LogP) is 1.57. The number of fused-ring (bicyclic) bond motifs is 2. The van der Waals surface area contributed by atoms with Crippen molar-refractivity contribution in [1.29, 1.82) is 0 Å². The van der Waals surface area contributed by atoms with E-state index >= 15 is 0 Å². The monoisotopic (exact) mass is 121 g/mol. The van der Waals surface area contributed by atoms with Gasteiger partial charge in [-0.3, -0.25) is 0 Å². The summed E-state index contributed by atoms with van der Waals surface area (Å²) in [6, 6.07) is 0. The quantitative estimate of drug-likeness (QED) is 0.484. The topological polar surface area (TPSA) is 26.0 Å². The summed E-state index contributed by atoms with van der Waals surface area (Å²) in [7, 11) is 0. The van der Waals surface area contributed by atoms with Gasteiger partial charge in [0.2, 0.25) is 0 Å². The third kappa shape index (κ3) is 0.493. The van der Waals surface area contributed by atoms with Crippen LogP contribution in [-0.4, -0.2) is 0 Å². The smallest absolute Gasteiger partial charge is 0.0120 e. The summed E-state index contributed by atoms with van der Waals surface area (Å²) in [5.41, 5.74) is 9.95. The summed E-state index contributed by atoms with van der Waals surface area (Å²) in [4.78, 5) is 0. The summed E-state index contributed by atoms with van der Waals surface area (Å²) >= 11 is 0. The highest BCUT2D eigenvalue weighted by molar-refractivity contribution is 5.43. The van der Waals surface area contributed by atoms with E-state index < -0.39 is 0 Å². The molecule has 1 atom stereocenters. The van der Waals surface area contributed by atoms with Crippen LogP contribution in [0.3, 0.4) is 0 Å². The minimum Gasteiger partial charge on any atom is -0.402 e. The molecule has 2 bridgehead atoms. The second kappa shape index (κ2) is 1.41. The molecular weight excluding hydrogens is 110 g/mol. The molecule has 0 heterocycles. The molecule has 9 heavy (non-hydrogen) atoms. The zero-order valence-electron chi connectivity index (χ0n) is 5.65. The summed E-state index contributed by atoms with van der Waals surface area (Å²) < 4.78 is 0. The minimum absolute atomic E-state index is 0.693. The molecule has 1 fully saturated rings. The molecule has 0 aromatic heterocycles. The second-order valence-corrected chi connectivity index (χ2v) is 2.93. The Morgan fingerprint density at radius 3 is 2.78 bits per heavy atom. The Kier molecular flexibility index (Phi) is 0.797. The maximum Gasteiger partial charge on any atom is 0.0120 e. The standard InChI is InChI=1S/C8H11N/c1-5-6-2-3-8(9)7(5)4-6/h2,5H,3-4,9H2,1H3. The molecule has 3 aliphatic rings. The van der Waals surface area contributed by atoms with Gasteiger partial charge in [0.15, 0.2) is 0 Å². The highest BCUT2D eigenvalue weighted by atomic mass is 14.6. The molecule has 3 rings (SSSR count). The average molecular weight is 121 g/mol. The lowest BCUT2D eigenvalue weighted by molar-refractivity contribution is 0.603. The fourth-order valence-corrected chi connectivity index (χ4v) is 1.63. The highest BCUT2D eigenvalue weighted by Crippen LogP contribution is 2.44. The third-order valence-electron chi connectivity index (χ3n) is 2.47. The van der Waals surface area contributed by atoms with Gasteiger partial charge in [0.05, 0.1) is 0 Å². The Bertz CT molecular complexity index is 211. The van der Waals surface area contributed by atoms with E-state index in [1.165, 1.54) is 12.0 Å². The van der Waals surface area contributed by atoms with Crippen molar-refractivity contribution >= 4 is 0 Å². The second-order valence-electron chi connectivity index (χ2n) is 2.93. The maximum absolute atomic E-state index is 5.74. The average Bonchev–Trinajstić information content (AvgIpc) is 1.86. The molecule has 3 aliphatic carbocycles. The van der Waals surface area contributed by atoms with Crippen LogP contribution in [0, 0.1) is 5.92 Å². The first-order valence-corrected chi connectivity index (χ1v) is 3.45. The minimum atomic E-state index is 0.693. The molecular formula is C8H11N. The van der Waals surface area contributed by atoms with E-state index in [9.17, 15) is 0 Å². The van der Waals surface area contributed by atoms with E-state index in [0.29, 0.717) is 5.92 Å². The van der Waals surface area contributed by atoms with E-state index in [2.05, 4.69) is 13.0 Å². The first kappa shape index (κ1) is 5.10. The first-order chi connectivity index (χ1) is 4.29. The lowest BCUT2D eigenvalue weighted by Crippen LogP contribution is -2.24. The Morgan fingerprint density at radius 2 is 2.44 bits per heavy atom. The Labute approximate surface area is 55.2 Å². The van der Waals surface area contributed by atoms with Gasteiger partial charge in [-0.05, 0) is 12.0 Å². The summed E-state index contributed by atoms with van der Waals surface area (Å²) in [6.07, 6.45) is 4.45. The number of nitrogens with two attached hydrogens (primary N) is 1. The van der Waals surface area contributed by atoms with Gasteiger partial charge in [-0.15, -0.1) is 0 Å². The van der Waals surface area contributed by atoms with Crippen LogP contribution in [-0.2, 0) is 0 Å². The van der Waals surface area contributed by atoms with Crippen LogP contribution in [0.25, 0.3) is 0 Å². The van der Waals surface area contributed by atoms with Crippen molar-refractivity contribution in [3.8, 4) is 0 Å². The van der Waals surface area contributed by atoms with Crippen LogP contribution in [0.15, 0.2) is 22.9 Å². The maximum atomic E-state index is 5.74. The third-order valence-corrected chi connectivity index (χ3v) is 2.47. The van der Waals surface area contributed by atoms with Gasteiger partial charge in [-0.25, -0.2) is 0 Å². The molecule has 2 N–H and O–H groups in total. The molecule has 1 unspecified atom stereocenters. The number of rotatable bonds is 0. The highest BCUT2D eigenvalue weighted by Gasteiger charge is 2.30. The largest absolute Gasteiger partial charge is 0.402 e. The van der Waals surface area contributed by atoms with Crippen LogP contribution in [0.4, 0.5) is 0 Å². The number of allylic oxidation sites excluding steroid dienone is 3. The summed E-state index contributed by atoms with van der Waals surface area (Å²) in [5.74, 6) is 0.693. The van der Waals surface area contributed by atoms with Crippen LogP contribution < -0.4 is 5.73 Å². The van der Waals surface area contributed by atoms with Crippen molar-refractivity contribution in [1.82, 2.24) is 0 Å². The van der Waals surface area contributed by atoms with Crippen LogP contribution >= 0.6 is 0 Å². The molecule has 0 spiro atoms. The summed E-state index contributed by atoms with van der Waals surface area (Å²) in [5, 5.41) is 0. The first-order valence-electron chi connectivity index (χ1n) is 3.45. The zero-order valence-corrected chi connectivity index (χ0v) is 5.65. The van der Waals surface area contributed by atoms with Gasteiger partial charge in [0.1, 0.15) is 0 Å². The Balaban J connectivity index is 2.38. The molecule has 1 nitrogen and oxygen atoms in total. The van der Waals surface area contributed by atoms with Gasteiger partial charge in [-0.2, -0.15) is 0 Å². The molecule has 0 aromatic rings. The molecule has 1 saturated carbocycles. The van der Waals surface area contributed by atoms with Crippen LogP contribution in [0.1, 0.15) is 19.8 Å². The van der Waals surface area contributed by atoms with Crippen LogP contribution in [0.2, 0.25) is 0 Å². The number of hydrogen-bond acceptors (Lipinski definition) is 1. The van der Waals surface area contributed by atoms with E-state index in [0.717, 1.165) is 12.1 Å². The normalized spacial score (nSPS) is 31.7. The van der Waals surface area contributed by atoms with Gasteiger partial charge >= 0.3 is 0 Å². The van der Waals surface area contributed by atoms with Crippen molar-refractivity contribution in [3.63, 3.8) is 0 Å². The molecule has 0 amide bonds. The summed E-state index contributed by atoms with van der Waals surface area (Å²) in [6.45, 7) is 2.23. The molecule has 48 valence electrons. The van der Waals surface area contributed by atoms with E-state index in [1.54, 1.807) is 5.57 Å². The van der Waals surface area contributed by atoms with E-state index in [4.69, 9.17) is 5.73 Å². The molecule has 1 heteroatoms. The lowest BCUT2D eigenvalue weighted by Gasteiger charge is -2.36. The van der Waals surface area contributed by atoms with E-state index in [1.807, 2.05) is 0 Å². The van der Waals surface area contributed by atoms with Gasteiger partial charge in [0.25, 0.3) is 0 Å². The van der Waals surface area contributed by atoms with Crippen molar-refractivity contribution in [2.24, 2.45) is 11.7 Å². The molecule has 0 aromatic carbocycles. The van der Waals surface area contributed by atoms with E-state index in [-0.39, 0.29) is 0 Å². The fraction of sp³-hybridized carbons (Fsp3) is 0.500. The van der Waals surface area contributed by atoms with Crippen molar-refractivity contribution in [2.45, 2.75) is 19.8 Å². The van der Waals surface area contributed by atoms with Gasteiger partial charge < -0.3 is 5.73 Å². The van der Waals surface area contributed by atoms with Crippen molar-refractivity contribution in [2.75, 3.05) is 0 Å².